The number of halogens is 1. The summed E-state index contributed by atoms with van der Waals surface area (Å²) >= 11 is 0. The summed E-state index contributed by atoms with van der Waals surface area (Å²) < 4.78 is 12.8. The lowest BCUT2D eigenvalue weighted by molar-refractivity contribution is 0.0956. The number of aromatic nitrogens is 1. The van der Waals surface area contributed by atoms with Gasteiger partial charge in [0.2, 0.25) is 0 Å². The first-order valence-corrected chi connectivity index (χ1v) is 7.72. The molecule has 4 nitrogen and oxygen atoms in total. The fraction of sp³-hybridized carbons (Fsp3) is 0.625. The molecular formula is C16H22FN3O. The third-order valence-electron chi connectivity index (χ3n) is 4.90. The normalized spacial score (nSPS) is 26.8. The fourth-order valence-corrected chi connectivity index (χ4v) is 3.51. The average molecular weight is 291 g/mol. The topological polar surface area (TPSA) is 36.4 Å². The van der Waals surface area contributed by atoms with Gasteiger partial charge in [0.1, 0.15) is 11.5 Å². The van der Waals surface area contributed by atoms with E-state index >= 15 is 0 Å². The standard InChI is InChI=1S/C16H22FN3O/c1-19-13-3-4-14(19)11-20(8-6-13)9-7-16(21)15-5-2-12(17)10-18-15/h2,5,10,13-14H,3-4,6-9,11H2,1H3. The number of carbonyl (C=O) groups is 1. The van der Waals surface area contributed by atoms with Crippen molar-refractivity contribution in [2.45, 2.75) is 37.8 Å². The summed E-state index contributed by atoms with van der Waals surface area (Å²) in [5.74, 6) is -0.407. The van der Waals surface area contributed by atoms with Crippen LogP contribution >= 0.6 is 0 Å². The first-order valence-electron chi connectivity index (χ1n) is 7.72. The van der Waals surface area contributed by atoms with Gasteiger partial charge >= 0.3 is 0 Å². The van der Waals surface area contributed by atoms with E-state index in [2.05, 4.69) is 21.8 Å². The number of Topliss-reactive ketones (excluding diaryl/α,β-unsaturated/α-hetero) is 1. The number of carbonyl (C=O) groups excluding carboxylic acids is 1. The number of pyridine rings is 1. The minimum Gasteiger partial charge on any atom is -0.301 e. The first-order chi connectivity index (χ1) is 10.1. The quantitative estimate of drug-likeness (QED) is 0.795. The van der Waals surface area contributed by atoms with E-state index in [9.17, 15) is 9.18 Å². The summed E-state index contributed by atoms with van der Waals surface area (Å²) in [5.41, 5.74) is 0.366. The smallest absolute Gasteiger partial charge is 0.182 e. The zero-order valence-corrected chi connectivity index (χ0v) is 12.5. The van der Waals surface area contributed by atoms with Gasteiger partial charge in [0.15, 0.2) is 5.78 Å². The minimum atomic E-state index is -0.405. The molecule has 2 bridgehead atoms. The molecule has 3 rings (SSSR count). The van der Waals surface area contributed by atoms with E-state index < -0.39 is 5.82 Å². The molecule has 5 heteroatoms. The molecule has 1 aromatic heterocycles. The Morgan fingerprint density at radius 3 is 2.90 bits per heavy atom. The number of fused-ring (bicyclic) bond motifs is 2. The number of ketones is 1. The van der Waals surface area contributed by atoms with Crippen molar-refractivity contribution in [3.05, 3.63) is 29.8 Å². The van der Waals surface area contributed by atoms with E-state index in [1.165, 1.54) is 31.4 Å². The van der Waals surface area contributed by atoms with Gasteiger partial charge < -0.3 is 4.90 Å². The van der Waals surface area contributed by atoms with Crippen molar-refractivity contribution in [2.24, 2.45) is 0 Å². The number of rotatable bonds is 4. The van der Waals surface area contributed by atoms with Gasteiger partial charge in [-0.2, -0.15) is 0 Å². The van der Waals surface area contributed by atoms with Crippen LogP contribution < -0.4 is 0 Å². The summed E-state index contributed by atoms with van der Waals surface area (Å²) in [6.07, 6.45) is 5.33. The Morgan fingerprint density at radius 1 is 1.33 bits per heavy atom. The Kier molecular flexibility index (Phi) is 4.31. The lowest BCUT2D eigenvalue weighted by atomic mass is 10.1. The van der Waals surface area contributed by atoms with E-state index in [1.807, 2.05) is 0 Å². The number of hydrogen-bond acceptors (Lipinski definition) is 4. The Balaban J connectivity index is 1.53. The van der Waals surface area contributed by atoms with Gasteiger partial charge in [-0.15, -0.1) is 0 Å². The van der Waals surface area contributed by atoms with Crippen LogP contribution in [0.15, 0.2) is 18.3 Å². The van der Waals surface area contributed by atoms with Gasteiger partial charge in [-0.05, 0) is 45.0 Å². The zero-order valence-electron chi connectivity index (χ0n) is 12.5. The van der Waals surface area contributed by atoms with E-state index in [0.717, 1.165) is 31.9 Å². The van der Waals surface area contributed by atoms with Gasteiger partial charge in [-0.3, -0.25) is 14.7 Å². The maximum Gasteiger partial charge on any atom is 0.182 e. The van der Waals surface area contributed by atoms with Crippen LogP contribution in [-0.2, 0) is 0 Å². The van der Waals surface area contributed by atoms with Gasteiger partial charge in [-0.1, -0.05) is 0 Å². The molecule has 21 heavy (non-hydrogen) atoms. The highest BCUT2D eigenvalue weighted by molar-refractivity contribution is 5.94. The summed E-state index contributed by atoms with van der Waals surface area (Å²) in [6.45, 7) is 2.89. The maximum absolute atomic E-state index is 12.8. The molecule has 2 fully saturated rings. The highest BCUT2D eigenvalue weighted by Crippen LogP contribution is 2.28. The first kappa shape index (κ1) is 14.6. The van der Waals surface area contributed by atoms with Crippen molar-refractivity contribution in [3.8, 4) is 0 Å². The van der Waals surface area contributed by atoms with Crippen molar-refractivity contribution >= 4 is 5.78 Å². The molecule has 0 radical (unpaired) electrons. The van der Waals surface area contributed by atoms with Crippen molar-refractivity contribution in [3.63, 3.8) is 0 Å². The summed E-state index contributed by atoms with van der Waals surface area (Å²) in [6, 6.07) is 4.11. The zero-order chi connectivity index (χ0) is 14.8. The summed E-state index contributed by atoms with van der Waals surface area (Å²) in [7, 11) is 2.22. The fourth-order valence-electron chi connectivity index (χ4n) is 3.51. The van der Waals surface area contributed by atoms with Crippen LogP contribution in [0, 0.1) is 5.82 Å². The van der Waals surface area contributed by atoms with Crippen molar-refractivity contribution < 1.29 is 9.18 Å². The van der Waals surface area contributed by atoms with E-state index in [4.69, 9.17) is 0 Å². The van der Waals surface area contributed by atoms with Crippen molar-refractivity contribution in [1.82, 2.24) is 14.8 Å². The molecule has 1 aromatic rings. The Labute approximate surface area is 125 Å². The van der Waals surface area contributed by atoms with Crippen LogP contribution in [0.5, 0.6) is 0 Å². The van der Waals surface area contributed by atoms with Crippen LogP contribution in [0.3, 0.4) is 0 Å². The second kappa shape index (κ2) is 6.20. The number of nitrogens with zero attached hydrogens (tertiary/aromatic N) is 3. The van der Waals surface area contributed by atoms with Crippen LogP contribution in [0.1, 0.15) is 36.2 Å². The Morgan fingerprint density at radius 2 is 2.14 bits per heavy atom. The molecule has 2 atom stereocenters. The van der Waals surface area contributed by atoms with Crippen LogP contribution in [0.2, 0.25) is 0 Å². The van der Waals surface area contributed by atoms with Crippen molar-refractivity contribution in [2.75, 3.05) is 26.7 Å². The molecule has 2 unspecified atom stereocenters. The van der Waals surface area contributed by atoms with E-state index in [0.29, 0.717) is 18.2 Å². The highest BCUT2D eigenvalue weighted by atomic mass is 19.1. The van der Waals surface area contributed by atoms with Gasteiger partial charge in [0, 0.05) is 31.6 Å². The molecule has 114 valence electrons. The molecule has 0 spiro atoms. The third-order valence-corrected chi connectivity index (χ3v) is 4.90. The number of likely N-dealkylation sites (N-methyl/N-ethyl adjacent to an activating group) is 1. The second-order valence-electron chi connectivity index (χ2n) is 6.17. The third kappa shape index (κ3) is 3.30. The van der Waals surface area contributed by atoms with Gasteiger partial charge in [-0.25, -0.2) is 4.39 Å². The van der Waals surface area contributed by atoms with E-state index in [-0.39, 0.29) is 5.78 Å². The van der Waals surface area contributed by atoms with Gasteiger partial charge in [0.05, 0.1) is 6.20 Å². The molecular weight excluding hydrogens is 269 g/mol. The average Bonchev–Trinajstić information content (AvgIpc) is 2.72. The summed E-state index contributed by atoms with van der Waals surface area (Å²) in [5, 5.41) is 0. The molecule has 2 aliphatic rings. The molecule has 0 N–H and O–H groups in total. The molecule has 2 aliphatic heterocycles. The number of likely N-dealkylation sites (tertiary alicyclic amines) is 1. The molecule has 3 heterocycles. The van der Waals surface area contributed by atoms with Crippen LogP contribution in [0.25, 0.3) is 0 Å². The minimum absolute atomic E-state index is 0.00207. The molecule has 2 saturated heterocycles. The second-order valence-corrected chi connectivity index (χ2v) is 6.17. The lowest BCUT2D eigenvalue weighted by Crippen LogP contribution is -2.37. The van der Waals surface area contributed by atoms with Crippen molar-refractivity contribution in [1.29, 1.82) is 0 Å². The lowest BCUT2D eigenvalue weighted by Gasteiger charge is -2.25. The number of hydrogen-bond donors (Lipinski definition) is 0. The molecule has 0 aromatic carbocycles. The highest BCUT2D eigenvalue weighted by Gasteiger charge is 2.34. The van der Waals surface area contributed by atoms with Gasteiger partial charge in [0.25, 0.3) is 0 Å². The SMILES string of the molecule is CN1C2CCC1CN(CCC(=O)c1ccc(F)cn1)CC2. The Bertz CT molecular complexity index is 505. The Hall–Kier alpha value is -1.33. The van der Waals surface area contributed by atoms with E-state index in [1.54, 1.807) is 0 Å². The molecule has 0 aliphatic carbocycles. The largest absolute Gasteiger partial charge is 0.301 e. The predicted molar refractivity (Wildman–Crippen MR) is 78.8 cm³/mol. The predicted octanol–water partition coefficient (Wildman–Crippen LogP) is 1.96. The molecule has 0 amide bonds. The monoisotopic (exact) mass is 291 g/mol. The van der Waals surface area contributed by atoms with Crippen LogP contribution in [-0.4, -0.2) is 59.3 Å². The van der Waals surface area contributed by atoms with Crippen LogP contribution in [0.4, 0.5) is 4.39 Å². The maximum atomic E-state index is 12.8. The summed E-state index contributed by atoms with van der Waals surface area (Å²) in [4.78, 5) is 20.8. The molecule has 0 saturated carbocycles.